The fourth-order valence-electron chi connectivity index (χ4n) is 4.58. The summed E-state index contributed by atoms with van der Waals surface area (Å²) in [5, 5.41) is 18.6. The summed E-state index contributed by atoms with van der Waals surface area (Å²) in [4.78, 5) is 39.2. The van der Waals surface area contributed by atoms with Gasteiger partial charge in [-0.05, 0) is 19.3 Å². The van der Waals surface area contributed by atoms with Crippen LogP contribution in [-0.2, 0) is 19.1 Å². The number of carbonyl (C=O) groups is 3. The van der Waals surface area contributed by atoms with E-state index in [0.29, 0.717) is 19.3 Å². The quantitative estimate of drug-likeness (QED) is 0.0849. The molecule has 0 heterocycles. The average Bonchev–Trinajstić information content (AvgIpc) is 2.85. The first kappa shape index (κ1) is 33.7. The highest BCUT2D eigenvalue weighted by atomic mass is 16.5. The summed E-state index contributed by atoms with van der Waals surface area (Å²) in [5.41, 5.74) is -1.78. The van der Waals surface area contributed by atoms with Crippen molar-refractivity contribution in [3.63, 3.8) is 0 Å². The van der Waals surface area contributed by atoms with E-state index in [2.05, 4.69) is 6.92 Å². The number of esters is 1. The maximum Gasteiger partial charge on any atom is 0.327 e. The van der Waals surface area contributed by atoms with Crippen LogP contribution in [0.4, 0.5) is 0 Å². The summed E-state index contributed by atoms with van der Waals surface area (Å²) in [6.45, 7) is 4.97. The molecule has 0 spiro atoms. The lowest BCUT2D eigenvalue weighted by Crippen LogP contribution is -2.48. The number of unbranched alkanes of at least 4 members (excludes halogenated alkanes) is 13. The maximum absolute atomic E-state index is 13.1. The van der Waals surface area contributed by atoms with Crippen LogP contribution < -0.4 is 0 Å². The Labute approximate surface area is 214 Å². The van der Waals surface area contributed by atoms with Gasteiger partial charge >= 0.3 is 5.97 Å². The highest BCUT2D eigenvalue weighted by Gasteiger charge is 2.51. The molecule has 0 radical (unpaired) electrons. The molecule has 35 heavy (non-hydrogen) atoms. The fourth-order valence-corrected chi connectivity index (χ4v) is 4.58. The van der Waals surface area contributed by atoms with Gasteiger partial charge in [-0.2, -0.15) is 0 Å². The predicted octanol–water partition coefficient (Wildman–Crippen LogP) is 6.48. The van der Waals surface area contributed by atoms with Crippen LogP contribution in [0.5, 0.6) is 0 Å². The van der Waals surface area contributed by atoms with Crippen LogP contribution in [-0.4, -0.2) is 47.1 Å². The zero-order valence-electron chi connectivity index (χ0n) is 23.0. The van der Waals surface area contributed by atoms with Gasteiger partial charge in [-0.25, -0.2) is 0 Å². The van der Waals surface area contributed by atoms with E-state index in [4.69, 9.17) is 9.84 Å². The maximum atomic E-state index is 13.1. The van der Waals surface area contributed by atoms with E-state index in [1.807, 2.05) is 13.8 Å². The minimum absolute atomic E-state index is 0.145. The first-order valence-corrected chi connectivity index (χ1v) is 14.4. The summed E-state index contributed by atoms with van der Waals surface area (Å²) >= 11 is 0. The third-order valence-electron chi connectivity index (χ3n) is 6.78. The van der Waals surface area contributed by atoms with Gasteiger partial charge in [-0.1, -0.05) is 111 Å². The molecule has 0 bridgehead atoms. The number of ether oxygens (including phenoxy) is 1. The number of hydrogen-bond acceptors (Lipinski definition) is 6. The number of hydrogen-bond donors (Lipinski definition) is 2. The minimum Gasteiger partial charge on any atom is -0.462 e. The van der Waals surface area contributed by atoms with Crippen molar-refractivity contribution in [2.75, 3.05) is 13.2 Å². The van der Waals surface area contributed by atoms with Crippen LogP contribution >= 0.6 is 0 Å². The van der Waals surface area contributed by atoms with Crippen LogP contribution in [0.1, 0.15) is 143 Å². The topological polar surface area (TPSA) is 101 Å². The van der Waals surface area contributed by atoms with Crippen LogP contribution in [0.15, 0.2) is 0 Å². The number of aliphatic hydroxyl groups excluding tert-OH is 2. The minimum atomic E-state index is -1.78. The van der Waals surface area contributed by atoms with Crippen LogP contribution in [0.2, 0.25) is 0 Å². The van der Waals surface area contributed by atoms with Crippen molar-refractivity contribution in [1.82, 2.24) is 0 Å². The molecule has 0 aliphatic heterocycles. The lowest BCUT2D eigenvalue weighted by molar-refractivity contribution is -0.168. The molecule has 0 aromatic heterocycles. The second-order valence-electron chi connectivity index (χ2n) is 10.0. The molecule has 0 rings (SSSR count). The second-order valence-corrected chi connectivity index (χ2v) is 10.0. The second kappa shape index (κ2) is 22.0. The number of carbonyl (C=O) groups excluding carboxylic acids is 3. The summed E-state index contributed by atoms with van der Waals surface area (Å²) in [6, 6.07) is 0. The van der Waals surface area contributed by atoms with E-state index in [0.717, 1.165) is 19.3 Å². The molecule has 206 valence electrons. The van der Waals surface area contributed by atoms with Crippen molar-refractivity contribution in [3.05, 3.63) is 0 Å². The molecule has 6 heteroatoms. The summed E-state index contributed by atoms with van der Waals surface area (Å²) in [5.74, 6) is -1.62. The van der Waals surface area contributed by atoms with Crippen molar-refractivity contribution < 1.29 is 29.3 Å². The van der Waals surface area contributed by atoms with Crippen LogP contribution in [0.25, 0.3) is 0 Å². The first-order chi connectivity index (χ1) is 16.9. The summed E-state index contributed by atoms with van der Waals surface area (Å²) in [6.07, 6.45) is 17.1. The van der Waals surface area contributed by atoms with Gasteiger partial charge in [0.2, 0.25) is 0 Å². The molecule has 1 atom stereocenters. The van der Waals surface area contributed by atoms with E-state index in [1.54, 1.807) is 0 Å². The Bertz CT molecular complexity index is 541. The predicted molar refractivity (Wildman–Crippen MR) is 141 cm³/mol. The number of aliphatic hydroxyl groups is 2. The fraction of sp³-hybridized carbons (Fsp3) is 0.897. The Morgan fingerprint density at radius 2 is 1.06 bits per heavy atom. The Morgan fingerprint density at radius 3 is 1.43 bits per heavy atom. The van der Waals surface area contributed by atoms with Gasteiger partial charge in [0.1, 0.15) is 12.7 Å². The molecular formula is C29H54O6. The monoisotopic (exact) mass is 498 g/mol. The highest BCUT2D eigenvalue weighted by molar-refractivity contribution is 6.22. The SMILES string of the molecule is CCCCCCCCCCCCCCCCC(C(=O)CCC)(C(=O)CCC)C(=O)OCC(O)CO. The van der Waals surface area contributed by atoms with Gasteiger partial charge in [0.05, 0.1) is 6.61 Å². The van der Waals surface area contributed by atoms with E-state index >= 15 is 0 Å². The van der Waals surface area contributed by atoms with Gasteiger partial charge in [-0.15, -0.1) is 0 Å². The Balaban J connectivity index is 4.60. The molecule has 6 nitrogen and oxygen atoms in total. The van der Waals surface area contributed by atoms with Crippen molar-refractivity contribution in [3.8, 4) is 0 Å². The van der Waals surface area contributed by atoms with Crippen molar-refractivity contribution >= 4 is 17.5 Å². The summed E-state index contributed by atoms with van der Waals surface area (Å²) < 4.78 is 5.17. The van der Waals surface area contributed by atoms with Gasteiger partial charge in [-0.3, -0.25) is 14.4 Å². The van der Waals surface area contributed by atoms with Gasteiger partial charge in [0.25, 0.3) is 0 Å². The number of rotatable bonds is 25. The Hall–Kier alpha value is -1.27. The molecule has 0 aromatic rings. The molecule has 0 aliphatic rings. The van der Waals surface area contributed by atoms with Gasteiger partial charge < -0.3 is 14.9 Å². The average molecular weight is 499 g/mol. The molecule has 0 aromatic carbocycles. The van der Waals surface area contributed by atoms with E-state index in [1.165, 1.54) is 64.2 Å². The summed E-state index contributed by atoms with van der Waals surface area (Å²) in [7, 11) is 0. The standard InChI is InChI=1S/C29H54O6/c1-4-7-8-9-10-11-12-13-14-15-16-17-18-19-22-29(26(32)20-5-2,27(33)21-6-3)28(34)35-24-25(31)23-30/h25,30-31H,4-24H2,1-3H3. The normalized spacial score (nSPS) is 12.5. The molecular weight excluding hydrogens is 444 g/mol. The van der Waals surface area contributed by atoms with E-state index in [9.17, 15) is 19.5 Å². The van der Waals surface area contributed by atoms with E-state index in [-0.39, 0.29) is 30.8 Å². The van der Waals surface area contributed by atoms with E-state index < -0.39 is 30.7 Å². The highest BCUT2D eigenvalue weighted by Crippen LogP contribution is 2.33. The van der Waals surface area contributed by atoms with Gasteiger partial charge in [0.15, 0.2) is 17.0 Å². The Morgan fingerprint density at radius 1 is 0.657 bits per heavy atom. The largest absolute Gasteiger partial charge is 0.462 e. The smallest absolute Gasteiger partial charge is 0.327 e. The third-order valence-corrected chi connectivity index (χ3v) is 6.78. The molecule has 0 fully saturated rings. The molecule has 0 amide bonds. The van der Waals surface area contributed by atoms with Crippen molar-refractivity contribution in [1.29, 1.82) is 0 Å². The first-order valence-electron chi connectivity index (χ1n) is 14.4. The zero-order valence-corrected chi connectivity index (χ0v) is 23.0. The molecule has 0 saturated carbocycles. The lowest BCUT2D eigenvalue weighted by Gasteiger charge is -2.29. The third kappa shape index (κ3) is 14.2. The molecule has 1 unspecified atom stereocenters. The molecule has 0 aliphatic carbocycles. The van der Waals surface area contributed by atoms with Crippen LogP contribution in [0.3, 0.4) is 0 Å². The number of ketones is 2. The van der Waals surface area contributed by atoms with Crippen molar-refractivity contribution in [2.24, 2.45) is 5.41 Å². The van der Waals surface area contributed by atoms with Crippen molar-refractivity contribution in [2.45, 2.75) is 149 Å². The molecule has 0 saturated heterocycles. The van der Waals surface area contributed by atoms with Crippen LogP contribution in [0, 0.1) is 5.41 Å². The lowest BCUT2D eigenvalue weighted by atomic mass is 9.72. The zero-order chi connectivity index (χ0) is 26.4. The molecule has 2 N–H and O–H groups in total. The number of Topliss-reactive ketones (excluding diaryl/α,β-unsaturated/α-hetero) is 2. The Kier molecular flexibility index (Phi) is 21.2. The van der Waals surface area contributed by atoms with Gasteiger partial charge in [0, 0.05) is 12.8 Å².